The second-order valence-electron chi connectivity index (χ2n) is 5.31. The molecule has 0 spiro atoms. The molecule has 2 aromatic carbocycles. The fourth-order valence-corrected chi connectivity index (χ4v) is 5.04. The summed E-state index contributed by atoms with van der Waals surface area (Å²) >= 11 is 1.88. The van der Waals surface area contributed by atoms with E-state index in [1.807, 2.05) is 34.9 Å². The average Bonchev–Trinajstić information content (AvgIpc) is 3.00. The third kappa shape index (κ3) is 1.33. The Morgan fingerprint density at radius 3 is 2.55 bits per heavy atom. The second-order valence-corrected chi connectivity index (χ2v) is 6.60. The molecular weight excluding hydrogens is 266 g/mol. The Balaban J connectivity index is 2.04. The number of thioether (sulfide) groups is 1. The van der Waals surface area contributed by atoms with Gasteiger partial charge in [-0.3, -0.25) is 4.79 Å². The maximum Gasteiger partial charge on any atom is 0.255 e. The number of amides is 1. The van der Waals surface area contributed by atoms with Gasteiger partial charge >= 0.3 is 0 Å². The van der Waals surface area contributed by atoms with E-state index in [9.17, 15) is 4.79 Å². The van der Waals surface area contributed by atoms with Crippen LogP contribution in [0.4, 0.5) is 0 Å². The molecule has 3 heteroatoms. The Hall–Kier alpha value is -1.74. The topological polar surface area (TPSA) is 20.3 Å². The van der Waals surface area contributed by atoms with Crippen molar-refractivity contribution in [1.82, 2.24) is 4.90 Å². The largest absolute Gasteiger partial charge is 0.315 e. The van der Waals surface area contributed by atoms with Gasteiger partial charge in [0.1, 0.15) is 4.87 Å². The van der Waals surface area contributed by atoms with Crippen molar-refractivity contribution in [1.29, 1.82) is 0 Å². The standard InChI is InChI=1S/C17H15NOS/c1-12-6-2-4-8-14(12)17-15-9-5-3-7-13(15)16(19)18(17)10-11-20-17/h2-9H,10-11H2,1H3. The van der Waals surface area contributed by atoms with E-state index in [1.165, 1.54) is 11.1 Å². The maximum atomic E-state index is 12.7. The van der Waals surface area contributed by atoms with Gasteiger partial charge in [-0.1, -0.05) is 42.5 Å². The maximum absolute atomic E-state index is 12.7. The van der Waals surface area contributed by atoms with Gasteiger partial charge in [0.05, 0.1) is 0 Å². The van der Waals surface area contributed by atoms with Crippen LogP contribution in [0.2, 0.25) is 0 Å². The Morgan fingerprint density at radius 1 is 1.05 bits per heavy atom. The number of nitrogens with zero attached hydrogens (tertiary/aromatic N) is 1. The predicted octanol–water partition coefficient (Wildman–Crippen LogP) is 3.40. The molecule has 1 fully saturated rings. The molecule has 0 saturated carbocycles. The van der Waals surface area contributed by atoms with Crippen LogP contribution in [0.5, 0.6) is 0 Å². The molecule has 100 valence electrons. The number of carbonyl (C=O) groups excluding carboxylic acids is 1. The van der Waals surface area contributed by atoms with Crippen LogP contribution in [0.15, 0.2) is 48.5 Å². The quantitative estimate of drug-likeness (QED) is 0.798. The molecule has 0 radical (unpaired) electrons. The van der Waals surface area contributed by atoms with Gasteiger partial charge in [0.2, 0.25) is 0 Å². The molecule has 2 heterocycles. The molecular formula is C17H15NOS. The smallest absolute Gasteiger partial charge is 0.255 e. The summed E-state index contributed by atoms with van der Waals surface area (Å²) in [7, 11) is 0. The molecule has 0 N–H and O–H groups in total. The summed E-state index contributed by atoms with van der Waals surface area (Å²) in [5.41, 5.74) is 4.52. The van der Waals surface area contributed by atoms with Crippen molar-refractivity contribution < 1.29 is 4.79 Å². The van der Waals surface area contributed by atoms with Gasteiger partial charge < -0.3 is 4.90 Å². The fraction of sp³-hybridized carbons (Fsp3) is 0.235. The van der Waals surface area contributed by atoms with Crippen molar-refractivity contribution >= 4 is 17.7 Å². The molecule has 0 aromatic heterocycles. The minimum Gasteiger partial charge on any atom is -0.315 e. The highest BCUT2D eigenvalue weighted by atomic mass is 32.2. The van der Waals surface area contributed by atoms with Gasteiger partial charge in [-0.25, -0.2) is 0 Å². The van der Waals surface area contributed by atoms with Gasteiger partial charge in [0.25, 0.3) is 5.91 Å². The number of rotatable bonds is 1. The summed E-state index contributed by atoms with van der Waals surface area (Å²) in [6, 6.07) is 16.5. The Kier molecular flexibility index (Phi) is 2.48. The zero-order valence-electron chi connectivity index (χ0n) is 11.3. The van der Waals surface area contributed by atoms with Crippen LogP contribution in [0.3, 0.4) is 0 Å². The first kappa shape index (κ1) is 12.0. The molecule has 1 saturated heterocycles. The Bertz CT molecular complexity index is 712. The first-order valence-electron chi connectivity index (χ1n) is 6.87. The third-order valence-electron chi connectivity index (χ3n) is 4.28. The van der Waals surface area contributed by atoms with Crippen molar-refractivity contribution in [2.45, 2.75) is 11.8 Å². The first-order chi connectivity index (χ1) is 9.75. The van der Waals surface area contributed by atoms with Gasteiger partial charge in [0.15, 0.2) is 0 Å². The highest BCUT2D eigenvalue weighted by Crippen LogP contribution is 2.55. The summed E-state index contributed by atoms with van der Waals surface area (Å²) in [6.07, 6.45) is 0. The summed E-state index contributed by atoms with van der Waals surface area (Å²) < 4.78 is 0. The minimum atomic E-state index is -0.307. The van der Waals surface area contributed by atoms with E-state index in [2.05, 4.69) is 37.3 Å². The molecule has 20 heavy (non-hydrogen) atoms. The van der Waals surface area contributed by atoms with Crippen LogP contribution in [0, 0.1) is 6.92 Å². The van der Waals surface area contributed by atoms with Gasteiger partial charge in [-0.15, -0.1) is 11.8 Å². The second kappa shape index (κ2) is 4.13. The number of aryl methyl sites for hydroxylation is 1. The molecule has 2 aliphatic rings. The molecule has 1 amide bonds. The lowest BCUT2D eigenvalue weighted by molar-refractivity contribution is 0.0752. The van der Waals surface area contributed by atoms with Crippen molar-refractivity contribution in [3.8, 4) is 0 Å². The lowest BCUT2D eigenvalue weighted by atomic mass is 9.94. The number of fused-ring (bicyclic) bond motifs is 3. The first-order valence-corrected chi connectivity index (χ1v) is 7.85. The van der Waals surface area contributed by atoms with E-state index >= 15 is 0 Å². The van der Waals surface area contributed by atoms with E-state index < -0.39 is 0 Å². The van der Waals surface area contributed by atoms with E-state index in [0.717, 1.165) is 23.4 Å². The van der Waals surface area contributed by atoms with Crippen LogP contribution in [-0.4, -0.2) is 23.1 Å². The van der Waals surface area contributed by atoms with Crippen LogP contribution < -0.4 is 0 Å². The highest BCUT2D eigenvalue weighted by molar-refractivity contribution is 8.00. The monoisotopic (exact) mass is 281 g/mol. The molecule has 2 aliphatic heterocycles. The zero-order chi connectivity index (χ0) is 13.7. The fourth-order valence-electron chi connectivity index (χ4n) is 3.42. The van der Waals surface area contributed by atoms with E-state index in [4.69, 9.17) is 0 Å². The van der Waals surface area contributed by atoms with Crippen molar-refractivity contribution in [3.63, 3.8) is 0 Å². The highest BCUT2D eigenvalue weighted by Gasteiger charge is 2.54. The molecule has 0 aliphatic carbocycles. The van der Waals surface area contributed by atoms with Crippen LogP contribution >= 0.6 is 11.8 Å². The van der Waals surface area contributed by atoms with Crippen LogP contribution in [0.25, 0.3) is 0 Å². The van der Waals surface area contributed by atoms with Gasteiger partial charge in [-0.05, 0) is 24.1 Å². The summed E-state index contributed by atoms with van der Waals surface area (Å²) in [6.45, 7) is 2.96. The molecule has 2 nitrogen and oxygen atoms in total. The number of carbonyl (C=O) groups is 1. The SMILES string of the molecule is Cc1ccccc1C12SCCN1C(=O)c1ccccc12. The van der Waals surface area contributed by atoms with Crippen molar-refractivity contribution in [2.24, 2.45) is 0 Å². The number of hydrogen-bond donors (Lipinski definition) is 0. The molecule has 0 bridgehead atoms. The lowest BCUT2D eigenvalue weighted by Crippen LogP contribution is -2.38. The summed E-state index contributed by atoms with van der Waals surface area (Å²) in [5, 5.41) is 0. The predicted molar refractivity (Wildman–Crippen MR) is 81.9 cm³/mol. The number of hydrogen-bond acceptors (Lipinski definition) is 2. The molecule has 1 unspecified atom stereocenters. The van der Waals surface area contributed by atoms with Crippen molar-refractivity contribution in [2.75, 3.05) is 12.3 Å². The number of benzene rings is 2. The third-order valence-corrected chi connectivity index (χ3v) is 5.75. The summed E-state index contributed by atoms with van der Waals surface area (Å²) in [4.78, 5) is 14.4. The summed E-state index contributed by atoms with van der Waals surface area (Å²) in [5.74, 6) is 1.17. The van der Waals surface area contributed by atoms with Crippen LogP contribution in [-0.2, 0) is 4.87 Å². The lowest BCUT2D eigenvalue weighted by Gasteiger charge is -2.33. The molecule has 4 rings (SSSR count). The molecule has 2 aromatic rings. The Labute approximate surface area is 122 Å². The van der Waals surface area contributed by atoms with Gasteiger partial charge in [0, 0.05) is 23.4 Å². The van der Waals surface area contributed by atoms with Crippen LogP contribution in [0.1, 0.15) is 27.0 Å². The Morgan fingerprint density at radius 2 is 1.75 bits per heavy atom. The minimum absolute atomic E-state index is 0.175. The van der Waals surface area contributed by atoms with E-state index in [1.54, 1.807) is 0 Å². The average molecular weight is 281 g/mol. The van der Waals surface area contributed by atoms with E-state index in [0.29, 0.717) is 0 Å². The van der Waals surface area contributed by atoms with Gasteiger partial charge in [-0.2, -0.15) is 0 Å². The normalized spacial score (nSPS) is 23.9. The molecule has 1 atom stereocenters. The van der Waals surface area contributed by atoms with E-state index in [-0.39, 0.29) is 10.8 Å². The zero-order valence-corrected chi connectivity index (χ0v) is 12.1. The van der Waals surface area contributed by atoms with Crippen molar-refractivity contribution in [3.05, 3.63) is 70.8 Å².